The molecule has 2 aliphatic rings. The van der Waals surface area contributed by atoms with Crippen LogP contribution in [0.5, 0.6) is 0 Å². The summed E-state index contributed by atoms with van der Waals surface area (Å²) >= 11 is 6.22. The molecule has 9 heteroatoms. The molecule has 29 heavy (non-hydrogen) atoms. The number of ether oxygens (including phenoxy) is 2. The van der Waals surface area contributed by atoms with Gasteiger partial charge in [0.2, 0.25) is 0 Å². The summed E-state index contributed by atoms with van der Waals surface area (Å²) in [5, 5.41) is 1.67. The van der Waals surface area contributed by atoms with Crippen molar-refractivity contribution in [3.63, 3.8) is 0 Å². The quantitative estimate of drug-likeness (QED) is 0.753. The largest absolute Gasteiger partial charge is 0.450 e. The molecule has 0 aliphatic carbocycles. The van der Waals surface area contributed by atoms with Gasteiger partial charge >= 0.3 is 6.09 Å². The van der Waals surface area contributed by atoms with E-state index in [2.05, 4.69) is 9.80 Å². The number of anilines is 1. The van der Waals surface area contributed by atoms with Gasteiger partial charge in [0, 0.05) is 49.7 Å². The Balaban J connectivity index is 1.52. The Morgan fingerprint density at radius 1 is 1.14 bits per heavy atom. The van der Waals surface area contributed by atoms with E-state index in [0.29, 0.717) is 44.5 Å². The van der Waals surface area contributed by atoms with Gasteiger partial charge in [0.15, 0.2) is 0 Å². The maximum Gasteiger partial charge on any atom is 0.409 e. The fourth-order valence-corrected chi connectivity index (χ4v) is 3.89. The molecule has 0 N–H and O–H groups in total. The molecule has 2 aliphatic heterocycles. The van der Waals surface area contributed by atoms with Gasteiger partial charge in [0.1, 0.15) is 11.6 Å². The van der Waals surface area contributed by atoms with Crippen LogP contribution in [-0.4, -0.2) is 85.0 Å². The fourth-order valence-electron chi connectivity index (χ4n) is 3.72. The standard InChI is InChI=1S/C20H26ClN5O3/c1-2-29-20(27)26-7-5-24(6-8-26)14-18-22-17-13-15(21)3-4-16(17)19(23-18)25-9-11-28-12-10-25/h3-4,13H,2,5-12,14H2,1H3. The number of hydrogen-bond donors (Lipinski definition) is 0. The van der Waals surface area contributed by atoms with Gasteiger partial charge < -0.3 is 19.3 Å². The zero-order valence-electron chi connectivity index (χ0n) is 16.6. The van der Waals surface area contributed by atoms with E-state index in [4.69, 9.17) is 31.0 Å². The number of hydrogen-bond acceptors (Lipinski definition) is 7. The van der Waals surface area contributed by atoms with Gasteiger partial charge in [-0.3, -0.25) is 4.90 Å². The Kier molecular flexibility index (Phi) is 6.32. The molecule has 1 amide bonds. The SMILES string of the molecule is CCOC(=O)N1CCN(Cc2nc(N3CCOCC3)c3ccc(Cl)cc3n2)CC1. The van der Waals surface area contributed by atoms with Crippen molar-refractivity contribution < 1.29 is 14.3 Å². The predicted octanol–water partition coefficient (Wildman–Crippen LogP) is 2.39. The highest BCUT2D eigenvalue weighted by Crippen LogP contribution is 2.27. The van der Waals surface area contributed by atoms with Crippen LogP contribution in [0.15, 0.2) is 18.2 Å². The zero-order chi connectivity index (χ0) is 20.2. The number of amides is 1. The lowest BCUT2D eigenvalue weighted by molar-refractivity contribution is 0.0772. The minimum absolute atomic E-state index is 0.238. The normalized spacial score (nSPS) is 18.3. The third kappa shape index (κ3) is 4.71. The molecule has 0 radical (unpaired) electrons. The Hall–Kier alpha value is -2.16. The molecule has 3 heterocycles. The Morgan fingerprint density at radius 2 is 1.90 bits per heavy atom. The lowest BCUT2D eigenvalue weighted by Crippen LogP contribution is -2.48. The minimum Gasteiger partial charge on any atom is -0.450 e. The predicted molar refractivity (Wildman–Crippen MR) is 111 cm³/mol. The van der Waals surface area contributed by atoms with Gasteiger partial charge in [0.25, 0.3) is 0 Å². The van der Waals surface area contributed by atoms with E-state index < -0.39 is 0 Å². The highest BCUT2D eigenvalue weighted by Gasteiger charge is 2.23. The van der Waals surface area contributed by atoms with Crippen LogP contribution in [0.1, 0.15) is 12.7 Å². The van der Waals surface area contributed by atoms with Crippen LogP contribution in [-0.2, 0) is 16.0 Å². The molecule has 4 rings (SSSR count). The molecular weight excluding hydrogens is 394 g/mol. The van der Waals surface area contributed by atoms with E-state index in [1.807, 2.05) is 25.1 Å². The maximum atomic E-state index is 11.9. The molecule has 2 aromatic rings. The van der Waals surface area contributed by atoms with Crippen molar-refractivity contribution in [3.8, 4) is 0 Å². The van der Waals surface area contributed by atoms with Crippen LogP contribution in [0.4, 0.5) is 10.6 Å². The number of aromatic nitrogens is 2. The van der Waals surface area contributed by atoms with Gasteiger partial charge in [-0.15, -0.1) is 0 Å². The molecule has 8 nitrogen and oxygen atoms in total. The van der Waals surface area contributed by atoms with Crippen molar-refractivity contribution in [2.45, 2.75) is 13.5 Å². The van der Waals surface area contributed by atoms with Crippen LogP contribution in [0.2, 0.25) is 5.02 Å². The Morgan fingerprint density at radius 3 is 2.62 bits per heavy atom. The summed E-state index contributed by atoms with van der Waals surface area (Å²) in [6.07, 6.45) is -0.238. The zero-order valence-corrected chi connectivity index (χ0v) is 17.4. The summed E-state index contributed by atoms with van der Waals surface area (Å²) in [7, 11) is 0. The van der Waals surface area contributed by atoms with Crippen molar-refractivity contribution in [2.24, 2.45) is 0 Å². The number of piperazine rings is 1. The van der Waals surface area contributed by atoms with Crippen molar-refractivity contribution >= 4 is 34.4 Å². The van der Waals surface area contributed by atoms with Gasteiger partial charge in [-0.25, -0.2) is 14.8 Å². The number of morpholine rings is 1. The number of fused-ring (bicyclic) bond motifs is 1. The van der Waals surface area contributed by atoms with Gasteiger partial charge in [-0.2, -0.15) is 0 Å². The topological polar surface area (TPSA) is 71.0 Å². The summed E-state index contributed by atoms with van der Waals surface area (Å²) in [4.78, 5) is 27.8. The van der Waals surface area contributed by atoms with Crippen LogP contribution < -0.4 is 4.90 Å². The average Bonchev–Trinajstić information content (AvgIpc) is 2.74. The smallest absolute Gasteiger partial charge is 0.409 e. The highest BCUT2D eigenvalue weighted by atomic mass is 35.5. The third-order valence-corrected chi connectivity index (χ3v) is 5.49. The Bertz CT molecular complexity index is 867. The minimum atomic E-state index is -0.238. The number of benzene rings is 1. The number of carbonyl (C=O) groups excluding carboxylic acids is 1. The summed E-state index contributed by atoms with van der Waals surface area (Å²) in [6, 6.07) is 5.76. The highest BCUT2D eigenvalue weighted by molar-refractivity contribution is 6.31. The first kappa shape index (κ1) is 20.1. The van der Waals surface area contributed by atoms with E-state index >= 15 is 0 Å². The summed E-state index contributed by atoms with van der Waals surface area (Å²) in [5.74, 6) is 1.71. The van der Waals surface area contributed by atoms with Crippen LogP contribution in [0, 0.1) is 0 Å². The van der Waals surface area contributed by atoms with Crippen molar-refractivity contribution in [1.29, 1.82) is 0 Å². The van der Waals surface area contributed by atoms with E-state index in [0.717, 1.165) is 48.7 Å². The number of rotatable bonds is 4. The third-order valence-electron chi connectivity index (χ3n) is 5.26. The second-order valence-corrected chi connectivity index (χ2v) is 7.62. The van der Waals surface area contributed by atoms with Crippen LogP contribution in [0.3, 0.4) is 0 Å². The first-order valence-corrected chi connectivity index (χ1v) is 10.4. The Labute approximate surface area is 175 Å². The van der Waals surface area contributed by atoms with Gasteiger partial charge in [-0.1, -0.05) is 11.6 Å². The number of carbonyl (C=O) groups is 1. The van der Waals surface area contributed by atoms with Crippen LogP contribution >= 0.6 is 11.6 Å². The molecule has 0 spiro atoms. The van der Waals surface area contributed by atoms with E-state index in [-0.39, 0.29) is 6.09 Å². The van der Waals surface area contributed by atoms with Crippen LogP contribution in [0.25, 0.3) is 10.9 Å². The first-order chi connectivity index (χ1) is 14.1. The fraction of sp³-hybridized carbons (Fsp3) is 0.550. The molecular formula is C20H26ClN5O3. The summed E-state index contributed by atoms with van der Waals surface area (Å²) < 4.78 is 10.6. The van der Waals surface area contributed by atoms with Gasteiger partial charge in [-0.05, 0) is 25.1 Å². The monoisotopic (exact) mass is 419 g/mol. The second kappa shape index (κ2) is 9.11. The summed E-state index contributed by atoms with van der Waals surface area (Å²) in [6.45, 7) is 8.71. The molecule has 2 fully saturated rings. The van der Waals surface area contributed by atoms with Gasteiger partial charge in [0.05, 0.1) is 31.9 Å². The summed E-state index contributed by atoms with van der Waals surface area (Å²) in [5.41, 5.74) is 0.856. The van der Waals surface area contributed by atoms with Crippen molar-refractivity contribution in [2.75, 3.05) is 64.0 Å². The lowest BCUT2D eigenvalue weighted by Gasteiger charge is -2.34. The molecule has 156 valence electrons. The lowest BCUT2D eigenvalue weighted by atomic mass is 10.2. The van der Waals surface area contributed by atoms with E-state index in [1.165, 1.54) is 0 Å². The molecule has 1 aromatic carbocycles. The average molecular weight is 420 g/mol. The molecule has 1 aromatic heterocycles. The number of nitrogens with zero attached hydrogens (tertiary/aromatic N) is 5. The molecule has 0 saturated carbocycles. The molecule has 0 atom stereocenters. The second-order valence-electron chi connectivity index (χ2n) is 7.19. The molecule has 0 bridgehead atoms. The van der Waals surface area contributed by atoms with Crippen molar-refractivity contribution in [3.05, 3.63) is 29.0 Å². The molecule has 2 saturated heterocycles. The number of halogens is 1. The molecule has 0 unspecified atom stereocenters. The maximum absolute atomic E-state index is 11.9. The van der Waals surface area contributed by atoms with Crippen molar-refractivity contribution in [1.82, 2.24) is 19.8 Å². The van der Waals surface area contributed by atoms with E-state index in [9.17, 15) is 4.79 Å². The van der Waals surface area contributed by atoms with E-state index in [1.54, 1.807) is 4.90 Å². The first-order valence-electron chi connectivity index (χ1n) is 10.1.